The summed E-state index contributed by atoms with van der Waals surface area (Å²) in [6, 6.07) is 4.02. The Morgan fingerprint density at radius 1 is 1.30 bits per heavy atom. The maximum atomic E-state index is 13.2. The standard InChI is InChI=1S/C14H18BFN2O2/c1-4-13-9(2)17-18(10(13)3)8-11-5-6-12(16)7-14(11)15(19)20/h5-7,19-20H,4,8H2,1-3H3. The van der Waals surface area contributed by atoms with Crippen LogP contribution in [0.1, 0.15) is 29.4 Å². The average Bonchev–Trinajstić information content (AvgIpc) is 2.66. The molecule has 0 aliphatic rings. The largest absolute Gasteiger partial charge is 0.488 e. The Morgan fingerprint density at radius 2 is 2.00 bits per heavy atom. The van der Waals surface area contributed by atoms with Crippen LogP contribution in [0, 0.1) is 19.7 Å². The van der Waals surface area contributed by atoms with Gasteiger partial charge in [0.25, 0.3) is 0 Å². The van der Waals surface area contributed by atoms with E-state index in [4.69, 9.17) is 0 Å². The third-order valence-corrected chi connectivity index (χ3v) is 3.59. The fourth-order valence-corrected chi connectivity index (χ4v) is 2.51. The molecule has 2 aromatic rings. The van der Waals surface area contributed by atoms with Gasteiger partial charge in [-0.1, -0.05) is 13.0 Å². The zero-order valence-electron chi connectivity index (χ0n) is 11.9. The quantitative estimate of drug-likeness (QED) is 0.817. The molecule has 2 rings (SSSR count). The van der Waals surface area contributed by atoms with E-state index < -0.39 is 12.9 Å². The number of hydrogen-bond donors (Lipinski definition) is 2. The summed E-state index contributed by atoms with van der Waals surface area (Å²) in [6.45, 7) is 6.40. The lowest BCUT2D eigenvalue weighted by Crippen LogP contribution is -2.34. The maximum absolute atomic E-state index is 13.2. The highest BCUT2D eigenvalue weighted by molar-refractivity contribution is 6.59. The maximum Gasteiger partial charge on any atom is 0.488 e. The normalized spacial score (nSPS) is 10.9. The van der Waals surface area contributed by atoms with Gasteiger partial charge in [-0.25, -0.2) is 4.39 Å². The van der Waals surface area contributed by atoms with Crippen LogP contribution >= 0.6 is 0 Å². The molecule has 0 bridgehead atoms. The summed E-state index contributed by atoms with van der Waals surface area (Å²) < 4.78 is 15.0. The minimum atomic E-state index is -1.69. The molecule has 0 aliphatic carbocycles. The van der Waals surface area contributed by atoms with Crippen molar-refractivity contribution in [3.63, 3.8) is 0 Å². The molecule has 6 heteroatoms. The van der Waals surface area contributed by atoms with Crippen LogP contribution in [0.4, 0.5) is 4.39 Å². The minimum Gasteiger partial charge on any atom is -0.423 e. The number of hydrogen-bond acceptors (Lipinski definition) is 3. The van der Waals surface area contributed by atoms with E-state index in [0.717, 1.165) is 23.9 Å². The van der Waals surface area contributed by atoms with Crippen molar-refractivity contribution in [1.29, 1.82) is 0 Å². The fourth-order valence-electron chi connectivity index (χ4n) is 2.51. The van der Waals surface area contributed by atoms with E-state index in [1.165, 1.54) is 11.6 Å². The Bertz CT molecular complexity index is 626. The van der Waals surface area contributed by atoms with Gasteiger partial charge in [0.2, 0.25) is 0 Å². The molecule has 0 spiro atoms. The summed E-state index contributed by atoms with van der Waals surface area (Å²) in [5.74, 6) is -0.487. The molecule has 0 amide bonds. The summed E-state index contributed by atoms with van der Waals surface area (Å²) in [7, 11) is -1.69. The summed E-state index contributed by atoms with van der Waals surface area (Å²) in [5.41, 5.74) is 4.04. The van der Waals surface area contributed by atoms with Gasteiger partial charge < -0.3 is 10.0 Å². The van der Waals surface area contributed by atoms with Crippen LogP contribution < -0.4 is 5.46 Å². The van der Waals surface area contributed by atoms with Gasteiger partial charge in [-0.15, -0.1) is 0 Å². The first kappa shape index (κ1) is 14.7. The monoisotopic (exact) mass is 276 g/mol. The van der Waals surface area contributed by atoms with Crippen molar-refractivity contribution < 1.29 is 14.4 Å². The van der Waals surface area contributed by atoms with Crippen LogP contribution in [0.25, 0.3) is 0 Å². The molecule has 1 aromatic carbocycles. The van der Waals surface area contributed by atoms with Crippen molar-refractivity contribution >= 4 is 12.6 Å². The van der Waals surface area contributed by atoms with E-state index >= 15 is 0 Å². The van der Waals surface area contributed by atoms with Crippen molar-refractivity contribution in [2.24, 2.45) is 0 Å². The van der Waals surface area contributed by atoms with Gasteiger partial charge in [-0.3, -0.25) is 4.68 Å². The van der Waals surface area contributed by atoms with Crippen LogP contribution in [-0.2, 0) is 13.0 Å². The lowest BCUT2D eigenvalue weighted by atomic mass is 9.77. The highest BCUT2D eigenvalue weighted by Gasteiger charge is 2.18. The predicted octanol–water partition coefficient (Wildman–Crippen LogP) is 0.930. The Labute approximate surface area is 118 Å². The van der Waals surface area contributed by atoms with Crippen LogP contribution in [0.5, 0.6) is 0 Å². The number of benzene rings is 1. The molecule has 0 atom stereocenters. The number of halogens is 1. The van der Waals surface area contributed by atoms with Crippen molar-refractivity contribution in [2.45, 2.75) is 33.7 Å². The molecule has 106 valence electrons. The zero-order chi connectivity index (χ0) is 14.9. The van der Waals surface area contributed by atoms with E-state index in [0.29, 0.717) is 12.1 Å². The van der Waals surface area contributed by atoms with Gasteiger partial charge in [0.05, 0.1) is 12.2 Å². The molecular formula is C14H18BFN2O2. The van der Waals surface area contributed by atoms with Gasteiger partial charge in [-0.05, 0) is 49.0 Å². The first-order valence-corrected chi connectivity index (χ1v) is 6.61. The van der Waals surface area contributed by atoms with Crippen molar-refractivity contribution in [2.75, 3.05) is 0 Å². The van der Waals surface area contributed by atoms with Crippen molar-refractivity contribution in [3.05, 3.63) is 46.5 Å². The summed E-state index contributed by atoms with van der Waals surface area (Å²) in [5, 5.41) is 23.1. The lowest BCUT2D eigenvalue weighted by Gasteiger charge is -2.11. The highest BCUT2D eigenvalue weighted by Crippen LogP contribution is 2.15. The van der Waals surface area contributed by atoms with Gasteiger partial charge in [-0.2, -0.15) is 5.10 Å². The first-order chi connectivity index (χ1) is 9.43. The van der Waals surface area contributed by atoms with Crippen molar-refractivity contribution in [3.8, 4) is 0 Å². The highest BCUT2D eigenvalue weighted by atomic mass is 19.1. The SMILES string of the molecule is CCc1c(C)nn(Cc2ccc(F)cc2B(O)O)c1C. The Balaban J connectivity index is 2.40. The first-order valence-electron chi connectivity index (χ1n) is 6.61. The molecule has 0 saturated heterocycles. The summed E-state index contributed by atoms with van der Waals surface area (Å²) in [6.07, 6.45) is 0.899. The van der Waals surface area contributed by atoms with Gasteiger partial charge in [0.15, 0.2) is 0 Å². The second-order valence-corrected chi connectivity index (χ2v) is 4.88. The molecule has 0 saturated carbocycles. The average molecular weight is 276 g/mol. The Morgan fingerprint density at radius 3 is 2.55 bits per heavy atom. The second kappa shape index (κ2) is 5.77. The van der Waals surface area contributed by atoms with Gasteiger partial charge in [0, 0.05) is 5.69 Å². The number of nitrogens with zero attached hydrogens (tertiary/aromatic N) is 2. The van der Waals surface area contributed by atoms with Crippen LogP contribution in [0.15, 0.2) is 18.2 Å². The molecule has 2 N–H and O–H groups in total. The third-order valence-electron chi connectivity index (χ3n) is 3.59. The number of rotatable bonds is 4. The van der Waals surface area contributed by atoms with E-state index in [9.17, 15) is 14.4 Å². The molecular weight excluding hydrogens is 258 g/mol. The molecule has 0 unspecified atom stereocenters. The Kier molecular flexibility index (Phi) is 4.25. The molecule has 0 aliphatic heterocycles. The molecule has 0 fully saturated rings. The van der Waals surface area contributed by atoms with Crippen LogP contribution in [0.3, 0.4) is 0 Å². The van der Waals surface area contributed by atoms with Gasteiger partial charge >= 0.3 is 7.12 Å². The smallest absolute Gasteiger partial charge is 0.423 e. The lowest BCUT2D eigenvalue weighted by molar-refractivity contribution is 0.424. The summed E-state index contributed by atoms with van der Waals surface area (Å²) >= 11 is 0. The molecule has 20 heavy (non-hydrogen) atoms. The van der Waals surface area contributed by atoms with Crippen LogP contribution in [0.2, 0.25) is 0 Å². The molecule has 0 radical (unpaired) electrons. The van der Waals surface area contributed by atoms with E-state index in [-0.39, 0.29) is 5.46 Å². The topological polar surface area (TPSA) is 58.3 Å². The third kappa shape index (κ3) is 2.76. The van der Waals surface area contributed by atoms with E-state index in [1.807, 2.05) is 18.5 Å². The minimum absolute atomic E-state index is 0.176. The molecule has 1 aromatic heterocycles. The second-order valence-electron chi connectivity index (χ2n) is 4.88. The predicted molar refractivity (Wildman–Crippen MR) is 76.4 cm³/mol. The summed E-state index contributed by atoms with van der Waals surface area (Å²) in [4.78, 5) is 0. The fraction of sp³-hybridized carbons (Fsp3) is 0.357. The van der Waals surface area contributed by atoms with E-state index in [2.05, 4.69) is 12.0 Å². The van der Waals surface area contributed by atoms with Crippen LogP contribution in [-0.4, -0.2) is 26.9 Å². The van der Waals surface area contributed by atoms with Gasteiger partial charge in [0.1, 0.15) is 5.82 Å². The molecule has 1 heterocycles. The zero-order valence-corrected chi connectivity index (χ0v) is 11.9. The molecule has 4 nitrogen and oxygen atoms in total. The number of aryl methyl sites for hydroxylation is 1. The Hall–Kier alpha value is -1.66. The number of aromatic nitrogens is 2. The van der Waals surface area contributed by atoms with E-state index in [1.54, 1.807) is 6.07 Å². The van der Waals surface area contributed by atoms with Crippen molar-refractivity contribution in [1.82, 2.24) is 9.78 Å².